The molecule has 1 atom stereocenters. The van der Waals surface area contributed by atoms with Gasteiger partial charge in [-0.05, 0) is 37.6 Å². The first-order valence-electron chi connectivity index (χ1n) is 7.66. The molecule has 0 spiro atoms. The van der Waals surface area contributed by atoms with Crippen LogP contribution in [0.25, 0.3) is 0 Å². The number of hydrogen-bond donors (Lipinski definition) is 1. The first-order chi connectivity index (χ1) is 10.2. The maximum Gasteiger partial charge on any atom is 0.222 e. The minimum Gasteiger partial charge on any atom is -0.340 e. The average Bonchev–Trinajstić information content (AvgIpc) is 3.12. The van der Waals surface area contributed by atoms with Crippen molar-refractivity contribution in [2.75, 3.05) is 39.3 Å². The van der Waals surface area contributed by atoms with E-state index in [0.29, 0.717) is 18.2 Å². The summed E-state index contributed by atoms with van der Waals surface area (Å²) in [6, 6.07) is 4.05. The van der Waals surface area contributed by atoms with Crippen molar-refractivity contribution in [3.8, 4) is 0 Å². The molecular weight excluding hydrogens is 377 g/mol. The molecule has 0 aromatic carbocycles. The number of thiophene rings is 1. The van der Waals surface area contributed by atoms with Gasteiger partial charge in [0, 0.05) is 44.0 Å². The Morgan fingerprint density at radius 1 is 1.26 bits per heavy atom. The monoisotopic (exact) mass is 399 g/mol. The molecule has 8 heteroatoms. The van der Waals surface area contributed by atoms with Crippen LogP contribution >= 0.6 is 47.8 Å². The molecule has 1 unspecified atom stereocenters. The van der Waals surface area contributed by atoms with Gasteiger partial charge in [-0.2, -0.15) is 0 Å². The zero-order valence-corrected chi connectivity index (χ0v) is 16.2. The van der Waals surface area contributed by atoms with Gasteiger partial charge >= 0.3 is 0 Å². The molecule has 2 aliphatic heterocycles. The zero-order valence-electron chi connectivity index (χ0n) is 13.0. The predicted octanol–water partition coefficient (Wildman–Crippen LogP) is 2.89. The van der Waals surface area contributed by atoms with Crippen molar-refractivity contribution < 1.29 is 4.79 Å². The maximum absolute atomic E-state index is 12.3. The zero-order chi connectivity index (χ0) is 14.7. The Balaban J connectivity index is 0.00000132. The number of amides is 1. The summed E-state index contributed by atoms with van der Waals surface area (Å²) in [7, 11) is 0. The topological polar surface area (TPSA) is 35.6 Å². The minimum atomic E-state index is 0. The van der Waals surface area contributed by atoms with Crippen LogP contribution in [0.15, 0.2) is 12.1 Å². The lowest BCUT2D eigenvalue weighted by atomic mass is 10.0. The number of piperazine rings is 1. The van der Waals surface area contributed by atoms with Gasteiger partial charge in [0.1, 0.15) is 0 Å². The molecule has 1 amide bonds. The van der Waals surface area contributed by atoms with E-state index in [1.807, 2.05) is 11.0 Å². The number of halogens is 3. The third-order valence-corrected chi connectivity index (χ3v) is 5.57. The van der Waals surface area contributed by atoms with Gasteiger partial charge in [0.05, 0.1) is 4.34 Å². The smallest absolute Gasteiger partial charge is 0.222 e. The standard InChI is InChI=1S/C15H22ClN3OS.2ClH/c16-14-2-1-13(21-14)11-18-5-7-19(8-6-18)15(20)9-12-3-4-17-10-12;;/h1-2,12,17H,3-11H2;2*1H. The Labute approximate surface area is 159 Å². The van der Waals surface area contributed by atoms with Gasteiger partial charge in [0.2, 0.25) is 5.91 Å². The molecule has 0 radical (unpaired) electrons. The lowest BCUT2D eigenvalue weighted by Crippen LogP contribution is -2.48. The maximum atomic E-state index is 12.3. The van der Waals surface area contributed by atoms with Crippen LogP contribution < -0.4 is 5.32 Å². The Morgan fingerprint density at radius 3 is 2.57 bits per heavy atom. The SMILES string of the molecule is Cl.Cl.O=C(CC1CCNC1)N1CCN(Cc2ccc(Cl)s2)CC1. The molecule has 1 aromatic rings. The van der Waals surface area contributed by atoms with E-state index < -0.39 is 0 Å². The summed E-state index contributed by atoms with van der Waals surface area (Å²) in [6.07, 6.45) is 1.86. The predicted molar refractivity (Wildman–Crippen MR) is 101 cm³/mol. The summed E-state index contributed by atoms with van der Waals surface area (Å²) in [6.45, 7) is 6.66. The van der Waals surface area contributed by atoms with Gasteiger partial charge in [0.15, 0.2) is 0 Å². The number of carbonyl (C=O) groups excluding carboxylic acids is 1. The number of nitrogens with one attached hydrogen (secondary N) is 1. The highest BCUT2D eigenvalue weighted by Crippen LogP contribution is 2.23. The molecule has 2 saturated heterocycles. The summed E-state index contributed by atoms with van der Waals surface area (Å²) < 4.78 is 0.851. The highest BCUT2D eigenvalue weighted by atomic mass is 35.5. The summed E-state index contributed by atoms with van der Waals surface area (Å²) in [5, 5.41) is 3.33. The molecule has 0 saturated carbocycles. The summed E-state index contributed by atoms with van der Waals surface area (Å²) in [5.74, 6) is 0.881. The summed E-state index contributed by atoms with van der Waals surface area (Å²) in [5.41, 5.74) is 0. The van der Waals surface area contributed by atoms with Crippen LogP contribution in [0.3, 0.4) is 0 Å². The molecule has 0 aliphatic carbocycles. The van der Waals surface area contributed by atoms with E-state index in [-0.39, 0.29) is 24.8 Å². The molecule has 132 valence electrons. The van der Waals surface area contributed by atoms with Crippen molar-refractivity contribution in [1.82, 2.24) is 15.1 Å². The van der Waals surface area contributed by atoms with Gasteiger partial charge < -0.3 is 10.2 Å². The van der Waals surface area contributed by atoms with Crippen LogP contribution in [-0.4, -0.2) is 55.0 Å². The van der Waals surface area contributed by atoms with Crippen molar-refractivity contribution in [3.63, 3.8) is 0 Å². The van der Waals surface area contributed by atoms with Crippen molar-refractivity contribution in [2.24, 2.45) is 5.92 Å². The normalized spacial score (nSPS) is 21.6. The van der Waals surface area contributed by atoms with E-state index in [2.05, 4.69) is 16.3 Å². The quantitative estimate of drug-likeness (QED) is 0.844. The van der Waals surface area contributed by atoms with Crippen LogP contribution in [0.1, 0.15) is 17.7 Å². The fraction of sp³-hybridized carbons (Fsp3) is 0.667. The first kappa shape index (κ1) is 21.0. The molecule has 3 rings (SSSR count). The number of nitrogens with zero attached hydrogens (tertiary/aromatic N) is 2. The van der Waals surface area contributed by atoms with E-state index in [0.717, 1.165) is 56.6 Å². The van der Waals surface area contributed by atoms with Gasteiger partial charge in [-0.1, -0.05) is 11.6 Å². The lowest BCUT2D eigenvalue weighted by Gasteiger charge is -2.35. The van der Waals surface area contributed by atoms with Crippen molar-refractivity contribution >= 4 is 53.7 Å². The summed E-state index contributed by atoms with van der Waals surface area (Å²) in [4.78, 5) is 18.0. The molecule has 4 nitrogen and oxygen atoms in total. The number of hydrogen-bond acceptors (Lipinski definition) is 4. The minimum absolute atomic E-state index is 0. The molecule has 1 aromatic heterocycles. The van der Waals surface area contributed by atoms with Gasteiger partial charge in [-0.15, -0.1) is 36.2 Å². The van der Waals surface area contributed by atoms with Gasteiger partial charge in [-0.3, -0.25) is 9.69 Å². The van der Waals surface area contributed by atoms with Crippen molar-refractivity contribution in [2.45, 2.75) is 19.4 Å². The number of rotatable bonds is 4. The van der Waals surface area contributed by atoms with Gasteiger partial charge in [0.25, 0.3) is 0 Å². The third kappa shape index (κ3) is 6.07. The van der Waals surface area contributed by atoms with Gasteiger partial charge in [-0.25, -0.2) is 0 Å². The molecule has 0 bridgehead atoms. The molecule has 23 heavy (non-hydrogen) atoms. The van der Waals surface area contributed by atoms with Crippen LogP contribution in [0.2, 0.25) is 4.34 Å². The van der Waals surface area contributed by atoms with E-state index in [9.17, 15) is 4.79 Å². The Kier molecular flexibility index (Phi) is 9.19. The molecule has 1 N–H and O–H groups in total. The van der Waals surface area contributed by atoms with E-state index in [4.69, 9.17) is 11.6 Å². The Morgan fingerprint density at radius 2 is 2.00 bits per heavy atom. The van der Waals surface area contributed by atoms with Crippen molar-refractivity contribution in [3.05, 3.63) is 21.3 Å². The van der Waals surface area contributed by atoms with E-state index in [1.54, 1.807) is 11.3 Å². The Bertz CT molecular complexity index is 486. The molecular formula is C15H24Cl3N3OS. The van der Waals surface area contributed by atoms with E-state index >= 15 is 0 Å². The largest absolute Gasteiger partial charge is 0.340 e. The number of carbonyl (C=O) groups is 1. The molecule has 2 aliphatic rings. The second-order valence-corrected chi connectivity index (χ2v) is 7.73. The Hall–Kier alpha value is -0.0400. The van der Waals surface area contributed by atoms with Crippen LogP contribution in [0, 0.1) is 5.92 Å². The van der Waals surface area contributed by atoms with Crippen LogP contribution in [0.5, 0.6) is 0 Å². The van der Waals surface area contributed by atoms with E-state index in [1.165, 1.54) is 4.88 Å². The molecule has 3 heterocycles. The highest BCUT2D eigenvalue weighted by molar-refractivity contribution is 7.16. The second kappa shape index (κ2) is 10.1. The fourth-order valence-electron chi connectivity index (χ4n) is 3.08. The lowest BCUT2D eigenvalue weighted by molar-refractivity contribution is -0.133. The second-order valence-electron chi connectivity index (χ2n) is 5.93. The first-order valence-corrected chi connectivity index (χ1v) is 8.85. The fourth-order valence-corrected chi connectivity index (χ4v) is 4.21. The average molecular weight is 401 g/mol. The van der Waals surface area contributed by atoms with Crippen molar-refractivity contribution in [1.29, 1.82) is 0 Å². The van der Waals surface area contributed by atoms with Crippen LogP contribution in [-0.2, 0) is 11.3 Å². The van der Waals surface area contributed by atoms with Crippen LogP contribution in [0.4, 0.5) is 0 Å². The highest BCUT2D eigenvalue weighted by Gasteiger charge is 2.25. The molecule has 2 fully saturated rings. The summed E-state index contributed by atoms with van der Waals surface area (Å²) >= 11 is 7.61. The third-order valence-electron chi connectivity index (χ3n) is 4.36.